The van der Waals surface area contributed by atoms with E-state index in [1.165, 1.54) is 12.8 Å². The highest BCUT2D eigenvalue weighted by atomic mass is 35.5. The number of amides is 2. The van der Waals surface area contributed by atoms with Crippen molar-refractivity contribution in [1.29, 1.82) is 0 Å². The van der Waals surface area contributed by atoms with Crippen LogP contribution in [0, 0.1) is 0 Å². The van der Waals surface area contributed by atoms with E-state index in [1.807, 2.05) is 0 Å². The quantitative estimate of drug-likeness (QED) is 0.715. The Bertz CT molecular complexity index is 513. The third-order valence-corrected chi connectivity index (χ3v) is 4.04. The number of benzene rings is 1. The van der Waals surface area contributed by atoms with Crippen molar-refractivity contribution in [3.05, 3.63) is 29.3 Å². The molecule has 0 atom stereocenters. The molecule has 1 saturated carbocycles. The molecule has 1 aromatic carbocycles. The van der Waals surface area contributed by atoms with Gasteiger partial charge >= 0.3 is 0 Å². The minimum atomic E-state index is -0.116. The molecule has 0 unspecified atom stereocenters. The van der Waals surface area contributed by atoms with Gasteiger partial charge in [-0.1, -0.05) is 24.4 Å². The molecule has 0 aliphatic heterocycles. The second-order valence-corrected chi connectivity index (χ2v) is 6.16. The first-order chi connectivity index (χ1) is 11.1. The summed E-state index contributed by atoms with van der Waals surface area (Å²) in [6, 6.07) is 6.95. The van der Waals surface area contributed by atoms with Crippen LogP contribution in [0.3, 0.4) is 0 Å². The van der Waals surface area contributed by atoms with Gasteiger partial charge in [0.1, 0.15) is 6.61 Å². The predicted molar refractivity (Wildman–Crippen MR) is 90.5 cm³/mol. The zero-order chi connectivity index (χ0) is 16.5. The molecule has 5 nitrogen and oxygen atoms in total. The summed E-state index contributed by atoms with van der Waals surface area (Å²) in [4.78, 5) is 23.4. The number of halogens is 1. The number of rotatable bonds is 8. The van der Waals surface area contributed by atoms with Crippen molar-refractivity contribution >= 4 is 29.1 Å². The van der Waals surface area contributed by atoms with Crippen LogP contribution in [0.2, 0.25) is 5.02 Å². The number of ether oxygens (including phenoxy) is 1. The molecule has 0 radical (unpaired) electrons. The maximum absolute atomic E-state index is 11.8. The Kier molecular flexibility index (Phi) is 7.36. The summed E-state index contributed by atoms with van der Waals surface area (Å²) in [5, 5.41) is 6.19. The van der Waals surface area contributed by atoms with Gasteiger partial charge in [-0.2, -0.15) is 0 Å². The van der Waals surface area contributed by atoms with Crippen LogP contribution in [0.1, 0.15) is 38.5 Å². The molecule has 1 aliphatic rings. The first-order valence-electron chi connectivity index (χ1n) is 8.07. The number of hydrogen-bond acceptors (Lipinski definition) is 3. The average molecular weight is 339 g/mol. The lowest BCUT2D eigenvalue weighted by molar-refractivity contribution is -0.127. The van der Waals surface area contributed by atoms with Crippen LogP contribution in [0.5, 0.6) is 0 Å². The summed E-state index contributed by atoms with van der Waals surface area (Å²) >= 11 is 5.78. The standard InChI is InChI=1S/C17H23ClN2O3/c18-13-7-9-14(10-8-13)20-16(21)6-3-11-19-17(22)12-23-15-4-1-2-5-15/h7-10,15H,1-6,11-12H2,(H,19,22)(H,20,21). The molecule has 2 amide bonds. The van der Waals surface area contributed by atoms with E-state index in [-0.39, 0.29) is 24.5 Å². The van der Waals surface area contributed by atoms with Crippen LogP contribution in [0.25, 0.3) is 0 Å². The number of carbonyl (C=O) groups excluding carboxylic acids is 2. The highest BCUT2D eigenvalue weighted by Gasteiger charge is 2.16. The van der Waals surface area contributed by atoms with Crippen LogP contribution < -0.4 is 10.6 Å². The van der Waals surface area contributed by atoms with Crippen molar-refractivity contribution in [2.24, 2.45) is 0 Å². The molecule has 1 aliphatic carbocycles. The van der Waals surface area contributed by atoms with Gasteiger partial charge in [0.05, 0.1) is 6.10 Å². The fourth-order valence-corrected chi connectivity index (χ4v) is 2.66. The minimum absolute atomic E-state index is 0.0798. The third kappa shape index (κ3) is 7.01. The van der Waals surface area contributed by atoms with Gasteiger partial charge in [0.15, 0.2) is 0 Å². The van der Waals surface area contributed by atoms with E-state index < -0.39 is 0 Å². The molecule has 0 heterocycles. The van der Waals surface area contributed by atoms with Crippen LogP contribution in [-0.2, 0) is 14.3 Å². The molecule has 1 fully saturated rings. The van der Waals surface area contributed by atoms with Gasteiger partial charge in [0.25, 0.3) is 0 Å². The highest BCUT2D eigenvalue weighted by molar-refractivity contribution is 6.30. The normalized spacial score (nSPS) is 14.7. The van der Waals surface area contributed by atoms with Crippen molar-refractivity contribution in [3.63, 3.8) is 0 Å². The van der Waals surface area contributed by atoms with E-state index in [0.29, 0.717) is 30.1 Å². The van der Waals surface area contributed by atoms with Crippen LogP contribution in [0.4, 0.5) is 5.69 Å². The van der Waals surface area contributed by atoms with Gasteiger partial charge in [-0.3, -0.25) is 9.59 Å². The highest BCUT2D eigenvalue weighted by Crippen LogP contribution is 2.20. The zero-order valence-corrected chi connectivity index (χ0v) is 13.9. The lowest BCUT2D eigenvalue weighted by Crippen LogP contribution is -2.30. The molecule has 23 heavy (non-hydrogen) atoms. The molecule has 1 aromatic rings. The Morgan fingerprint density at radius 3 is 2.52 bits per heavy atom. The van der Waals surface area contributed by atoms with E-state index in [0.717, 1.165) is 12.8 Å². The number of nitrogens with one attached hydrogen (secondary N) is 2. The summed E-state index contributed by atoms with van der Waals surface area (Å²) in [6.45, 7) is 0.586. The molecule has 0 aromatic heterocycles. The molecule has 0 spiro atoms. The van der Waals surface area contributed by atoms with E-state index in [2.05, 4.69) is 10.6 Å². The first kappa shape index (κ1) is 17.8. The van der Waals surface area contributed by atoms with Crippen molar-refractivity contribution in [1.82, 2.24) is 5.32 Å². The summed E-state index contributed by atoms with van der Waals surface area (Å²) in [7, 11) is 0. The lowest BCUT2D eigenvalue weighted by atomic mass is 10.2. The van der Waals surface area contributed by atoms with E-state index in [9.17, 15) is 9.59 Å². The van der Waals surface area contributed by atoms with E-state index in [1.54, 1.807) is 24.3 Å². The van der Waals surface area contributed by atoms with Crippen molar-refractivity contribution < 1.29 is 14.3 Å². The smallest absolute Gasteiger partial charge is 0.246 e. The Labute approximate surface area is 141 Å². The molecular weight excluding hydrogens is 316 g/mol. The van der Waals surface area contributed by atoms with Crippen LogP contribution in [-0.4, -0.2) is 31.1 Å². The maximum Gasteiger partial charge on any atom is 0.246 e. The summed E-state index contributed by atoms with van der Waals surface area (Å²) in [6.07, 6.45) is 5.67. The van der Waals surface area contributed by atoms with Gasteiger partial charge in [-0.05, 0) is 43.5 Å². The monoisotopic (exact) mass is 338 g/mol. The Morgan fingerprint density at radius 1 is 1.13 bits per heavy atom. The number of carbonyl (C=O) groups is 2. The first-order valence-corrected chi connectivity index (χ1v) is 8.45. The minimum Gasteiger partial charge on any atom is -0.368 e. The van der Waals surface area contributed by atoms with Crippen LogP contribution in [0.15, 0.2) is 24.3 Å². The van der Waals surface area contributed by atoms with E-state index >= 15 is 0 Å². The van der Waals surface area contributed by atoms with E-state index in [4.69, 9.17) is 16.3 Å². The van der Waals surface area contributed by atoms with Gasteiger partial charge in [-0.25, -0.2) is 0 Å². The van der Waals surface area contributed by atoms with Gasteiger partial charge in [0.2, 0.25) is 11.8 Å². The number of hydrogen-bond donors (Lipinski definition) is 2. The van der Waals surface area contributed by atoms with Gasteiger partial charge in [-0.15, -0.1) is 0 Å². The van der Waals surface area contributed by atoms with Gasteiger partial charge < -0.3 is 15.4 Å². The summed E-state index contributed by atoms with van der Waals surface area (Å²) in [5.41, 5.74) is 0.716. The predicted octanol–water partition coefficient (Wildman–Crippen LogP) is 3.13. The zero-order valence-electron chi connectivity index (χ0n) is 13.1. The van der Waals surface area contributed by atoms with Gasteiger partial charge in [0, 0.05) is 23.7 Å². The lowest BCUT2D eigenvalue weighted by Gasteiger charge is -2.11. The largest absolute Gasteiger partial charge is 0.368 e. The molecule has 6 heteroatoms. The fourth-order valence-electron chi connectivity index (χ4n) is 2.53. The third-order valence-electron chi connectivity index (χ3n) is 3.78. The molecule has 0 bridgehead atoms. The molecule has 2 rings (SSSR count). The Hall–Kier alpha value is -1.59. The topological polar surface area (TPSA) is 67.4 Å². The molecule has 126 valence electrons. The molecule has 2 N–H and O–H groups in total. The van der Waals surface area contributed by atoms with Crippen molar-refractivity contribution in [2.75, 3.05) is 18.5 Å². The second kappa shape index (κ2) is 9.53. The maximum atomic E-state index is 11.8. The summed E-state index contributed by atoms with van der Waals surface area (Å²) in [5.74, 6) is -0.196. The SMILES string of the molecule is O=C(COC1CCCC1)NCCCC(=O)Nc1ccc(Cl)cc1. The van der Waals surface area contributed by atoms with Crippen molar-refractivity contribution in [2.45, 2.75) is 44.6 Å². The number of anilines is 1. The van der Waals surface area contributed by atoms with Crippen LogP contribution >= 0.6 is 11.6 Å². The summed E-state index contributed by atoms with van der Waals surface area (Å²) < 4.78 is 5.53. The average Bonchev–Trinajstić information content (AvgIpc) is 3.05. The Balaban J connectivity index is 1.53. The Morgan fingerprint density at radius 2 is 1.83 bits per heavy atom. The molecule has 0 saturated heterocycles. The second-order valence-electron chi connectivity index (χ2n) is 5.73. The fraction of sp³-hybridized carbons (Fsp3) is 0.529. The molecular formula is C17H23ClN2O3. The van der Waals surface area contributed by atoms with Crippen molar-refractivity contribution in [3.8, 4) is 0 Å².